The number of piperidine rings is 2. The summed E-state index contributed by atoms with van der Waals surface area (Å²) in [6.45, 7) is 9.65. The lowest BCUT2D eigenvalue weighted by Crippen LogP contribution is -2.50. The zero-order valence-electron chi connectivity index (χ0n) is 17.7. The summed E-state index contributed by atoms with van der Waals surface area (Å²) in [5.74, 6) is 0.578. The van der Waals surface area contributed by atoms with Crippen molar-refractivity contribution in [1.82, 2.24) is 20.4 Å². The summed E-state index contributed by atoms with van der Waals surface area (Å²) in [7, 11) is 0. The van der Waals surface area contributed by atoms with E-state index in [9.17, 15) is 9.59 Å². The van der Waals surface area contributed by atoms with Crippen LogP contribution in [0.3, 0.4) is 0 Å². The number of hydrogen-bond donors (Lipinski definition) is 2. The van der Waals surface area contributed by atoms with Gasteiger partial charge < -0.3 is 10.2 Å². The molecule has 7 heteroatoms. The van der Waals surface area contributed by atoms with Gasteiger partial charge in [0.15, 0.2) is 0 Å². The van der Waals surface area contributed by atoms with Gasteiger partial charge in [0.1, 0.15) is 0 Å². The smallest absolute Gasteiger partial charge is 0.243 e. The number of piperazine rings is 1. The number of rotatable bonds is 4. The Morgan fingerprint density at radius 1 is 0.933 bits per heavy atom. The number of carbonyl (C=O) groups excluding carboxylic acids is 2. The molecule has 162 valence electrons. The quantitative estimate of drug-likeness (QED) is 0.719. The number of nitrogens with one attached hydrogen (secondary N) is 2. The first kappa shape index (κ1) is 20.0. The van der Waals surface area contributed by atoms with Crippen LogP contribution in [0, 0.1) is 5.92 Å². The fourth-order valence-corrected chi connectivity index (χ4v) is 5.47. The fraction of sp³-hybridized carbons (Fsp3) is 0.652. The highest BCUT2D eigenvalue weighted by atomic mass is 16.2. The van der Waals surface area contributed by atoms with E-state index in [-0.39, 0.29) is 17.9 Å². The Bertz CT molecular complexity index is 799. The van der Waals surface area contributed by atoms with E-state index in [1.165, 1.54) is 49.3 Å². The molecule has 0 aliphatic carbocycles. The maximum atomic E-state index is 12.2. The third-order valence-electron chi connectivity index (χ3n) is 7.30. The predicted octanol–water partition coefficient (Wildman–Crippen LogP) is 0.929. The van der Waals surface area contributed by atoms with E-state index in [2.05, 4.69) is 43.5 Å². The largest absolute Gasteiger partial charge is 0.369 e. The van der Waals surface area contributed by atoms with Crippen LogP contribution in [0.2, 0.25) is 0 Å². The van der Waals surface area contributed by atoms with Crippen LogP contribution in [0.4, 0.5) is 5.69 Å². The van der Waals surface area contributed by atoms with Crippen LogP contribution in [0.15, 0.2) is 18.2 Å². The van der Waals surface area contributed by atoms with Gasteiger partial charge in [-0.3, -0.25) is 24.7 Å². The van der Waals surface area contributed by atoms with Crippen LogP contribution in [0.1, 0.15) is 36.8 Å². The molecule has 0 bridgehead atoms. The summed E-state index contributed by atoms with van der Waals surface area (Å²) in [5, 5.41) is 5.96. The van der Waals surface area contributed by atoms with E-state index in [4.69, 9.17) is 0 Å². The van der Waals surface area contributed by atoms with Gasteiger partial charge in [-0.25, -0.2) is 0 Å². The van der Waals surface area contributed by atoms with Gasteiger partial charge >= 0.3 is 0 Å². The molecule has 4 aliphatic heterocycles. The molecule has 4 heterocycles. The van der Waals surface area contributed by atoms with Gasteiger partial charge in [0.05, 0.1) is 6.04 Å². The number of nitrogens with zero attached hydrogens (tertiary/aromatic N) is 3. The third kappa shape index (κ3) is 4.24. The molecule has 0 spiro atoms. The normalized spacial score (nSPS) is 26.7. The number of anilines is 1. The van der Waals surface area contributed by atoms with Gasteiger partial charge in [-0.05, 0) is 61.5 Å². The molecule has 7 nitrogen and oxygen atoms in total. The Morgan fingerprint density at radius 3 is 2.47 bits per heavy atom. The van der Waals surface area contributed by atoms with Gasteiger partial charge in [0, 0.05) is 57.9 Å². The lowest BCUT2D eigenvalue weighted by atomic mass is 9.97. The predicted molar refractivity (Wildman–Crippen MR) is 116 cm³/mol. The first-order valence-corrected chi connectivity index (χ1v) is 11.5. The highest BCUT2D eigenvalue weighted by Crippen LogP contribution is 2.31. The van der Waals surface area contributed by atoms with Gasteiger partial charge in [-0.15, -0.1) is 0 Å². The molecule has 1 unspecified atom stereocenters. The molecule has 30 heavy (non-hydrogen) atoms. The van der Waals surface area contributed by atoms with Crippen molar-refractivity contribution >= 4 is 17.5 Å². The van der Waals surface area contributed by atoms with Crippen LogP contribution in [0.25, 0.3) is 0 Å². The van der Waals surface area contributed by atoms with E-state index in [0.717, 1.165) is 45.2 Å². The Labute approximate surface area is 178 Å². The Hall–Kier alpha value is -1.96. The van der Waals surface area contributed by atoms with Crippen LogP contribution in [-0.4, -0.2) is 73.5 Å². The van der Waals surface area contributed by atoms with Crippen molar-refractivity contribution < 1.29 is 9.59 Å². The van der Waals surface area contributed by atoms with Crippen molar-refractivity contribution in [3.05, 3.63) is 29.3 Å². The number of fused-ring (bicyclic) bond motifs is 1. The van der Waals surface area contributed by atoms with Gasteiger partial charge in [-0.2, -0.15) is 0 Å². The second kappa shape index (κ2) is 8.65. The van der Waals surface area contributed by atoms with Crippen LogP contribution in [0.5, 0.6) is 0 Å². The first-order chi connectivity index (χ1) is 14.7. The van der Waals surface area contributed by atoms with Crippen molar-refractivity contribution in [2.24, 2.45) is 5.92 Å². The van der Waals surface area contributed by atoms with Gasteiger partial charge in [0.25, 0.3) is 0 Å². The molecular weight excluding hydrogens is 378 g/mol. The van der Waals surface area contributed by atoms with Crippen LogP contribution < -0.4 is 15.5 Å². The molecule has 3 fully saturated rings. The number of hydrogen-bond acceptors (Lipinski definition) is 6. The number of carbonyl (C=O) groups is 2. The van der Waals surface area contributed by atoms with Crippen molar-refractivity contribution in [2.45, 2.75) is 44.8 Å². The second-order valence-corrected chi connectivity index (χ2v) is 9.31. The van der Waals surface area contributed by atoms with Crippen molar-refractivity contribution in [3.8, 4) is 0 Å². The lowest BCUT2D eigenvalue weighted by molar-refractivity contribution is -0.137. The standard InChI is InChI=1S/C23H33N5O2/c29-22-4-3-21(23(30)25-22)28-15-18-1-2-20(13-19(18)16-28)27-11-9-26(10-12-27)14-17-5-7-24-8-6-17/h1-2,13,17,21,24H,3-12,14-16H2,(H,25,29,30). The summed E-state index contributed by atoms with van der Waals surface area (Å²) in [4.78, 5) is 31.1. The molecule has 0 saturated carbocycles. The summed E-state index contributed by atoms with van der Waals surface area (Å²) in [6, 6.07) is 6.62. The molecule has 0 radical (unpaired) electrons. The molecule has 1 aromatic rings. The minimum absolute atomic E-state index is 0.135. The summed E-state index contributed by atoms with van der Waals surface area (Å²) >= 11 is 0. The number of imide groups is 1. The van der Waals surface area contributed by atoms with Crippen LogP contribution >= 0.6 is 0 Å². The average molecular weight is 412 g/mol. The molecule has 1 aromatic carbocycles. The minimum Gasteiger partial charge on any atom is -0.369 e. The van der Waals surface area contributed by atoms with E-state index >= 15 is 0 Å². The lowest BCUT2D eigenvalue weighted by Gasteiger charge is -2.38. The summed E-state index contributed by atoms with van der Waals surface area (Å²) < 4.78 is 0. The van der Waals surface area contributed by atoms with Crippen molar-refractivity contribution in [3.63, 3.8) is 0 Å². The zero-order valence-corrected chi connectivity index (χ0v) is 17.7. The molecule has 5 rings (SSSR count). The van der Waals surface area contributed by atoms with Gasteiger partial charge in [0.2, 0.25) is 11.8 Å². The van der Waals surface area contributed by atoms with Crippen molar-refractivity contribution in [2.75, 3.05) is 50.7 Å². The molecule has 4 aliphatic rings. The maximum absolute atomic E-state index is 12.2. The molecule has 3 saturated heterocycles. The topological polar surface area (TPSA) is 67.9 Å². The first-order valence-electron chi connectivity index (χ1n) is 11.5. The average Bonchev–Trinajstić information content (AvgIpc) is 3.18. The van der Waals surface area contributed by atoms with Gasteiger partial charge in [-0.1, -0.05) is 6.07 Å². The number of benzene rings is 1. The Kier molecular flexibility index (Phi) is 5.76. The monoisotopic (exact) mass is 411 g/mol. The van der Waals surface area contributed by atoms with E-state index < -0.39 is 0 Å². The zero-order chi connectivity index (χ0) is 20.5. The van der Waals surface area contributed by atoms with E-state index in [0.29, 0.717) is 12.8 Å². The second-order valence-electron chi connectivity index (χ2n) is 9.31. The minimum atomic E-state index is -0.183. The van der Waals surface area contributed by atoms with E-state index in [1.54, 1.807) is 0 Å². The molecule has 0 aromatic heterocycles. The summed E-state index contributed by atoms with van der Waals surface area (Å²) in [5.41, 5.74) is 3.95. The Morgan fingerprint density at radius 2 is 1.70 bits per heavy atom. The summed E-state index contributed by atoms with van der Waals surface area (Å²) in [6.07, 6.45) is 3.70. The van der Waals surface area contributed by atoms with Crippen molar-refractivity contribution in [1.29, 1.82) is 0 Å². The van der Waals surface area contributed by atoms with Crippen LogP contribution in [-0.2, 0) is 22.7 Å². The van der Waals surface area contributed by atoms with E-state index in [1.807, 2.05) is 0 Å². The fourth-order valence-electron chi connectivity index (χ4n) is 5.47. The molecule has 1 atom stereocenters. The highest BCUT2D eigenvalue weighted by molar-refractivity contribution is 6.00. The molecule has 2 amide bonds. The number of amides is 2. The molecular formula is C23H33N5O2. The SMILES string of the molecule is O=C1CCC(N2Cc3ccc(N4CCN(CC5CCNCC5)CC4)cc3C2)C(=O)N1. The Balaban J connectivity index is 1.17. The third-order valence-corrected chi connectivity index (χ3v) is 7.30. The highest BCUT2D eigenvalue weighted by Gasteiger charge is 2.35. The maximum Gasteiger partial charge on any atom is 0.243 e. The molecule has 2 N–H and O–H groups in total.